The Morgan fingerprint density at radius 3 is 2.80 bits per heavy atom. The zero-order chi connectivity index (χ0) is 10.9. The Bertz CT molecular complexity index is 344. The van der Waals surface area contributed by atoms with E-state index in [2.05, 4.69) is 16.6 Å². The van der Waals surface area contributed by atoms with Gasteiger partial charge in [-0.15, -0.1) is 6.58 Å². The van der Waals surface area contributed by atoms with Gasteiger partial charge in [-0.25, -0.2) is 0 Å². The van der Waals surface area contributed by atoms with E-state index in [4.69, 9.17) is 10.3 Å². The number of azide groups is 1. The molecule has 0 saturated carbocycles. The molecule has 0 N–H and O–H groups in total. The first kappa shape index (κ1) is 11.3. The average molecular weight is 203 g/mol. The standard InChI is InChI=1S/C11H13N3O/c1-2-8-15-9-11(13-14-12)10-6-4-3-5-7-10/h2-7,11H,1,8-9H2. The maximum Gasteiger partial charge on any atom is 0.0859 e. The number of hydrogen-bond donors (Lipinski definition) is 0. The first-order chi connectivity index (χ1) is 7.38. The van der Waals surface area contributed by atoms with Crippen molar-refractivity contribution in [3.05, 3.63) is 59.0 Å². The molecular weight excluding hydrogens is 190 g/mol. The maximum atomic E-state index is 8.44. The normalized spacial score (nSPS) is 11.5. The summed E-state index contributed by atoms with van der Waals surface area (Å²) in [7, 11) is 0. The summed E-state index contributed by atoms with van der Waals surface area (Å²) < 4.78 is 5.27. The van der Waals surface area contributed by atoms with Gasteiger partial charge in [-0.1, -0.05) is 41.5 Å². The molecule has 0 heterocycles. The summed E-state index contributed by atoms with van der Waals surface area (Å²) in [5.74, 6) is 0. The van der Waals surface area contributed by atoms with E-state index >= 15 is 0 Å². The van der Waals surface area contributed by atoms with E-state index in [1.807, 2.05) is 30.3 Å². The van der Waals surface area contributed by atoms with Crippen molar-refractivity contribution in [3.8, 4) is 0 Å². The van der Waals surface area contributed by atoms with E-state index in [1.54, 1.807) is 6.08 Å². The van der Waals surface area contributed by atoms with Gasteiger partial charge in [-0.05, 0) is 11.1 Å². The summed E-state index contributed by atoms with van der Waals surface area (Å²) in [6, 6.07) is 9.29. The molecule has 1 atom stereocenters. The van der Waals surface area contributed by atoms with Crippen LogP contribution in [0, 0.1) is 0 Å². The van der Waals surface area contributed by atoms with Crippen molar-refractivity contribution >= 4 is 0 Å². The van der Waals surface area contributed by atoms with Crippen molar-refractivity contribution in [1.82, 2.24) is 0 Å². The molecule has 0 spiro atoms. The Labute approximate surface area is 88.8 Å². The lowest BCUT2D eigenvalue weighted by molar-refractivity contribution is 0.147. The summed E-state index contributed by atoms with van der Waals surface area (Å²) in [5.41, 5.74) is 9.39. The SMILES string of the molecule is C=CCOCC(N=[N+]=[N-])c1ccccc1. The summed E-state index contributed by atoms with van der Waals surface area (Å²) in [6.07, 6.45) is 1.66. The number of rotatable bonds is 6. The monoisotopic (exact) mass is 203 g/mol. The Hall–Kier alpha value is -1.77. The largest absolute Gasteiger partial charge is 0.377 e. The molecule has 0 amide bonds. The smallest absolute Gasteiger partial charge is 0.0859 e. The summed E-state index contributed by atoms with van der Waals surface area (Å²) in [4.78, 5) is 2.81. The van der Waals surface area contributed by atoms with Crippen LogP contribution in [0.4, 0.5) is 0 Å². The molecule has 1 unspecified atom stereocenters. The molecule has 0 aromatic heterocycles. The molecule has 0 aliphatic rings. The van der Waals surface area contributed by atoms with E-state index < -0.39 is 0 Å². The second-order valence-corrected chi connectivity index (χ2v) is 2.96. The van der Waals surface area contributed by atoms with Gasteiger partial charge in [-0.2, -0.15) is 0 Å². The first-order valence-electron chi connectivity index (χ1n) is 4.66. The van der Waals surface area contributed by atoms with Crippen LogP contribution >= 0.6 is 0 Å². The van der Waals surface area contributed by atoms with E-state index in [1.165, 1.54) is 0 Å². The third-order valence-electron chi connectivity index (χ3n) is 1.89. The van der Waals surface area contributed by atoms with Gasteiger partial charge < -0.3 is 4.74 Å². The van der Waals surface area contributed by atoms with Gasteiger partial charge >= 0.3 is 0 Å². The Balaban J connectivity index is 2.66. The lowest BCUT2D eigenvalue weighted by Gasteiger charge is -2.10. The van der Waals surface area contributed by atoms with Crippen LogP contribution in [0.3, 0.4) is 0 Å². The molecule has 1 rings (SSSR count). The van der Waals surface area contributed by atoms with Gasteiger partial charge in [0.05, 0.1) is 19.3 Å². The van der Waals surface area contributed by atoms with E-state index in [9.17, 15) is 0 Å². The molecule has 4 heteroatoms. The van der Waals surface area contributed by atoms with Gasteiger partial charge in [-0.3, -0.25) is 0 Å². The predicted octanol–water partition coefficient (Wildman–Crippen LogP) is 3.24. The zero-order valence-corrected chi connectivity index (χ0v) is 8.41. The van der Waals surface area contributed by atoms with Gasteiger partial charge in [0.15, 0.2) is 0 Å². The lowest BCUT2D eigenvalue weighted by atomic mass is 10.1. The lowest BCUT2D eigenvalue weighted by Crippen LogP contribution is -2.05. The minimum atomic E-state index is -0.267. The molecule has 78 valence electrons. The average Bonchev–Trinajstić information content (AvgIpc) is 2.29. The van der Waals surface area contributed by atoms with Gasteiger partial charge in [0.2, 0.25) is 0 Å². The Morgan fingerprint density at radius 2 is 2.20 bits per heavy atom. The van der Waals surface area contributed by atoms with Crippen LogP contribution in [0.1, 0.15) is 11.6 Å². The Morgan fingerprint density at radius 1 is 1.47 bits per heavy atom. The van der Waals surface area contributed by atoms with Crippen molar-refractivity contribution in [2.75, 3.05) is 13.2 Å². The Kier molecular flexibility index (Phi) is 5.01. The molecular formula is C11H13N3O. The minimum absolute atomic E-state index is 0.267. The zero-order valence-electron chi connectivity index (χ0n) is 8.41. The highest BCUT2D eigenvalue weighted by atomic mass is 16.5. The van der Waals surface area contributed by atoms with Crippen LogP contribution in [-0.4, -0.2) is 13.2 Å². The molecule has 15 heavy (non-hydrogen) atoms. The van der Waals surface area contributed by atoms with Crippen LogP contribution < -0.4 is 0 Å². The molecule has 0 bridgehead atoms. The molecule has 0 fully saturated rings. The molecule has 0 aliphatic heterocycles. The van der Waals surface area contributed by atoms with Crippen LogP contribution in [0.2, 0.25) is 0 Å². The van der Waals surface area contributed by atoms with Crippen molar-refractivity contribution in [3.63, 3.8) is 0 Å². The fraction of sp³-hybridized carbons (Fsp3) is 0.273. The number of nitrogens with zero attached hydrogens (tertiary/aromatic N) is 3. The third-order valence-corrected chi connectivity index (χ3v) is 1.89. The summed E-state index contributed by atoms with van der Waals surface area (Å²) >= 11 is 0. The van der Waals surface area contributed by atoms with Gasteiger partial charge in [0.25, 0.3) is 0 Å². The molecule has 4 nitrogen and oxygen atoms in total. The molecule has 0 saturated heterocycles. The second-order valence-electron chi connectivity index (χ2n) is 2.96. The fourth-order valence-corrected chi connectivity index (χ4v) is 1.20. The van der Waals surface area contributed by atoms with Crippen molar-refractivity contribution < 1.29 is 4.74 Å². The molecule has 1 aromatic rings. The number of benzene rings is 1. The van der Waals surface area contributed by atoms with Crippen molar-refractivity contribution in [2.45, 2.75) is 6.04 Å². The van der Waals surface area contributed by atoms with Crippen molar-refractivity contribution in [2.24, 2.45) is 5.11 Å². The maximum absolute atomic E-state index is 8.44. The van der Waals surface area contributed by atoms with Crippen LogP contribution in [0.5, 0.6) is 0 Å². The summed E-state index contributed by atoms with van der Waals surface area (Å²) in [5, 5.41) is 3.69. The topological polar surface area (TPSA) is 58.0 Å². The van der Waals surface area contributed by atoms with Gasteiger partial charge in [0, 0.05) is 4.91 Å². The van der Waals surface area contributed by atoms with E-state index in [0.29, 0.717) is 13.2 Å². The second kappa shape index (κ2) is 6.65. The molecule has 0 radical (unpaired) electrons. The van der Waals surface area contributed by atoms with Crippen LogP contribution in [-0.2, 0) is 4.74 Å². The summed E-state index contributed by atoms with van der Waals surface area (Å²) in [6.45, 7) is 4.39. The number of ether oxygens (including phenoxy) is 1. The van der Waals surface area contributed by atoms with Gasteiger partial charge in [0.1, 0.15) is 0 Å². The quantitative estimate of drug-likeness (QED) is 0.230. The molecule has 1 aromatic carbocycles. The third kappa shape index (κ3) is 3.85. The highest BCUT2D eigenvalue weighted by Gasteiger charge is 2.08. The van der Waals surface area contributed by atoms with Crippen molar-refractivity contribution in [1.29, 1.82) is 0 Å². The minimum Gasteiger partial charge on any atom is -0.377 e. The molecule has 0 aliphatic carbocycles. The van der Waals surface area contributed by atoms with E-state index in [-0.39, 0.29) is 6.04 Å². The predicted molar refractivity (Wildman–Crippen MR) is 59.3 cm³/mol. The highest BCUT2D eigenvalue weighted by molar-refractivity contribution is 5.19. The first-order valence-corrected chi connectivity index (χ1v) is 4.66. The van der Waals surface area contributed by atoms with E-state index in [0.717, 1.165) is 5.56 Å². The fourth-order valence-electron chi connectivity index (χ4n) is 1.20. The van der Waals surface area contributed by atoms with Crippen LogP contribution in [0.15, 0.2) is 48.1 Å². The number of hydrogen-bond acceptors (Lipinski definition) is 2. The highest BCUT2D eigenvalue weighted by Crippen LogP contribution is 2.17. The van der Waals surface area contributed by atoms with Crippen LogP contribution in [0.25, 0.3) is 10.4 Å².